The number of halogens is 1. The first-order valence-corrected chi connectivity index (χ1v) is 5.24. The standard InChI is InChI=1S/C12H15ClO/c1-8(2)12(14)11-6-4-10(5-7-11)9(3)13/h4-9H,1-3H3. The molecular formula is C12H15ClO. The Hall–Kier alpha value is -0.820. The summed E-state index contributed by atoms with van der Waals surface area (Å²) >= 11 is 5.91. The van der Waals surface area contributed by atoms with Gasteiger partial charge in [0.2, 0.25) is 0 Å². The number of hydrogen-bond donors (Lipinski definition) is 0. The van der Waals surface area contributed by atoms with Crippen molar-refractivity contribution in [3.63, 3.8) is 0 Å². The van der Waals surface area contributed by atoms with E-state index in [1.807, 2.05) is 45.0 Å². The molecule has 0 spiro atoms. The molecule has 0 amide bonds. The molecule has 0 fully saturated rings. The SMILES string of the molecule is CC(C)C(=O)c1ccc(C(C)Cl)cc1. The van der Waals surface area contributed by atoms with E-state index in [1.54, 1.807) is 0 Å². The molecule has 76 valence electrons. The summed E-state index contributed by atoms with van der Waals surface area (Å²) in [6.07, 6.45) is 0. The van der Waals surface area contributed by atoms with Gasteiger partial charge in [0.15, 0.2) is 5.78 Å². The Balaban J connectivity index is 2.89. The van der Waals surface area contributed by atoms with Gasteiger partial charge in [-0.3, -0.25) is 4.79 Å². The van der Waals surface area contributed by atoms with Gasteiger partial charge in [-0.05, 0) is 12.5 Å². The van der Waals surface area contributed by atoms with Gasteiger partial charge in [0.05, 0.1) is 5.38 Å². The molecule has 0 aromatic heterocycles. The highest BCUT2D eigenvalue weighted by molar-refractivity contribution is 6.20. The van der Waals surface area contributed by atoms with Crippen molar-refractivity contribution in [3.05, 3.63) is 35.4 Å². The molecule has 2 heteroatoms. The monoisotopic (exact) mass is 210 g/mol. The first kappa shape index (κ1) is 11.3. The number of carbonyl (C=O) groups excluding carboxylic acids is 1. The molecular weight excluding hydrogens is 196 g/mol. The predicted molar refractivity (Wildman–Crippen MR) is 59.9 cm³/mol. The van der Waals surface area contributed by atoms with Gasteiger partial charge < -0.3 is 0 Å². The Labute approximate surface area is 90.1 Å². The van der Waals surface area contributed by atoms with Crippen LogP contribution in [0.1, 0.15) is 42.1 Å². The zero-order valence-electron chi connectivity index (χ0n) is 8.75. The van der Waals surface area contributed by atoms with E-state index in [4.69, 9.17) is 11.6 Å². The Morgan fingerprint density at radius 1 is 1.14 bits per heavy atom. The minimum absolute atomic E-state index is 0.00166. The molecule has 1 unspecified atom stereocenters. The third-order valence-corrected chi connectivity index (χ3v) is 2.43. The topological polar surface area (TPSA) is 17.1 Å². The fraction of sp³-hybridized carbons (Fsp3) is 0.417. The number of alkyl halides is 1. The first-order valence-electron chi connectivity index (χ1n) is 4.80. The molecule has 14 heavy (non-hydrogen) atoms. The van der Waals surface area contributed by atoms with Gasteiger partial charge in [0.25, 0.3) is 0 Å². The summed E-state index contributed by atoms with van der Waals surface area (Å²) < 4.78 is 0. The van der Waals surface area contributed by atoms with Crippen LogP contribution in [0.2, 0.25) is 0 Å². The maximum Gasteiger partial charge on any atom is 0.165 e. The minimum Gasteiger partial charge on any atom is -0.294 e. The summed E-state index contributed by atoms with van der Waals surface area (Å²) in [6.45, 7) is 5.72. The van der Waals surface area contributed by atoms with Crippen LogP contribution >= 0.6 is 11.6 Å². The average Bonchev–Trinajstić information content (AvgIpc) is 2.16. The van der Waals surface area contributed by atoms with Crippen LogP contribution in [0.4, 0.5) is 0 Å². The third-order valence-electron chi connectivity index (χ3n) is 2.18. The van der Waals surface area contributed by atoms with E-state index >= 15 is 0 Å². The highest BCUT2D eigenvalue weighted by Crippen LogP contribution is 2.20. The number of Topliss-reactive ketones (excluding diaryl/α,β-unsaturated/α-hetero) is 1. The van der Waals surface area contributed by atoms with Gasteiger partial charge in [-0.25, -0.2) is 0 Å². The fourth-order valence-electron chi connectivity index (χ4n) is 1.25. The summed E-state index contributed by atoms with van der Waals surface area (Å²) in [7, 11) is 0. The number of benzene rings is 1. The van der Waals surface area contributed by atoms with E-state index in [9.17, 15) is 4.79 Å². The zero-order valence-corrected chi connectivity index (χ0v) is 9.51. The lowest BCUT2D eigenvalue weighted by Crippen LogP contribution is -2.07. The van der Waals surface area contributed by atoms with Crippen LogP contribution in [0.15, 0.2) is 24.3 Å². The van der Waals surface area contributed by atoms with Crippen molar-refractivity contribution >= 4 is 17.4 Å². The van der Waals surface area contributed by atoms with E-state index < -0.39 is 0 Å². The van der Waals surface area contributed by atoms with Gasteiger partial charge in [-0.1, -0.05) is 38.1 Å². The van der Waals surface area contributed by atoms with Crippen LogP contribution in [0.3, 0.4) is 0 Å². The molecule has 1 nitrogen and oxygen atoms in total. The summed E-state index contributed by atoms with van der Waals surface area (Å²) in [5, 5.41) is -0.00166. The van der Waals surface area contributed by atoms with E-state index in [1.165, 1.54) is 0 Å². The predicted octanol–water partition coefficient (Wildman–Crippen LogP) is 3.83. The van der Waals surface area contributed by atoms with E-state index in [-0.39, 0.29) is 17.1 Å². The fourth-order valence-corrected chi connectivity index (χ4v) is 1.39. The molecule has 1 aromatic carbocycles. The van der Waals surface area contributed by atoms with Crippen molar-refractivity contribution in [3.8, 4) is 0 Å². The van der Waals surface area contributed by atoms with Crippen molar-refractivity contribution in [2.75, 3.05) is 0 Å². The molecule has 0 aliphatic rings. The lowest BCUT2D eigenvalue weighted by molar-refractivity contribution is 0.0939. The van der Waals surface area contributed by atoms with Crippen molar-refractivity contribution in [1.82, 2.24) is 0 Å². The maximum atomic E-state index is 11.6. The number of rotatable bonds is 3. The second-order valence-electron chi connectivity index (χ2n) is 3.76. The molecule has 0 saturated heterocycles. The zero-order chi connectivity index (χ0) is 10.7. The normalized spacial score (nSPS) is 12.9. The van der Waals surface area contributed by atoms with Gasteiger partial charge >= 0.3 is 0 Å². The molecule has 1 rings (SSSR count). The molecule has 0 N–H and O–H groups in total. The highest BCUT2D eigenvalue weighted by atomic mass is 35.5. The molecule has 1 atom stereocenters. The molecule has 0 bridgehead atoms. The number of ketones is 1. The molecule has 0 heterocycles. The number of hydrogen-bond acceptors (Lipinski definition) is 1. The van der Waals surface area contributed by atoms with Crippen molar-refractivity contribution in [1.29, 1.82) is 0 Å². The summed E-state index contributed by atoms with van der Waals surface area (Å²) in [4.78, 5) is 11.6. The van der Waals surface area contributed by atoms with Crippen LogP contribution in [0.25, 0.3) is 0 Å². The molecule has 0 saturated carbocycles. The van der Waals surface area contributed by atoms with Crippen LogP contribution in [0.5, 0.6) is 0 Å². The van der Waals surface area contributed by atoms with Gasteiger partial charge in [0.1, 0.15) is 0 Å². The molecule has 0 aliphatic carbocycles. The summed E-state index contributed by atoms with van der Waals surface area (Å²) in [6, 6.07) is 7.51. The lowest BCUT2D eigenvalue weighted by atomic mass is 9.99. The Kier molecular flexibility index (Phi) is 3.70. The maximum absolute atomic E-state index is 11.6. The van der Waals surface area contributed by atoms with Crippen molar-refractivity contribution < 1.29 is 4.79 Å². The second kappa shape index (κ2) is 4.61. The Bertz CT molecular complexity index is 312. The van der Waals surface area contributed by atoms with Gasteiger partial charge in [-0.15, -0.1) is 11.6 Å². The second-order valence-corrected chi connectivity index (χ2v) is 4.41. The Morgan fingerprint density at radius 3 is 2.00 bits per heavy atom. The summed E-state index contributed by atoms with van der Waals surface area (Å²) in [5.74, 6) is 0.230. The minimum atomic E-state index is -0.00166. The quantitative estimate of drug-likeness (QED) is 0.548. The highest BCUT2D eigenvalue weighted by Gasteiger charge is 2.10. The molecule has 0 radical (unpaired) electrons. The van der Waals surface area contributed by atoms with Crippen LogP contribution in [0, 0.1) is 5.92 Å². The van der Waals surface area contributed by atoms with E-state index in [0.717, 1.165) is 11.1 Å². The Morgan fingerprint density at radius 2 is 1.64 bits per heavy atom. The molecule has 1 aromatic rings. The molecule has 0 aliphatic heterocycles. The van der Waals surface area contributed by atoms with E-state index in [0.29, 0.717) is 0 Å². The first-order chi connectivity index (χ1) is 6.52. The van der Waals surface area contributed by atoms with Crippen LogP contribution in [-0.2, 0) is 0 Å². The average molecular weight is 211 g/mol. The van der Waals surface area contributed by atoms with Crippen molar-refractivity contribution in [2.45, 2.75) is 26.1 Å². The number of carbonyl (C=O) groups is 1. The van der Waals surface area contributed by atoms with Crippen LogP contribution in [-0.4, -0.2) is 5.78 Å². The third kappa shape index (κ3) is 2.58. The smallest absolute Gasteiger partial charge is 0.165 e. The van der Waals surface area contributed by atoms with Gasteiger partial charge in [0, 0.05) is 11.5 Å². The van der Waals surface area contributed by atoms with Gasteiger partial charge in [-0.2, -0.15) is 0 Å². The summed E-state index contributed by atoms with van der Waals surface area (Å²) in [5.41, 5.74) is 1.81. The lowest BCUT2D eigenvalue weighted by Gasteiger charge is -2.06. The largest absolute Gasteiger partial charge is 0.294 e. The van der Waals surface area contributed by atoms with E-state index in [2.05, 4.69) is 0 Å². The van der Waals surface area contributed by atoms with Crippen LogP contribution < -0.4 is 0 Å². The van der Waals surface area contributed by atoms with Crippen molar-refractivity contribution in [2.24, 2.45) is 5.92 Å².